The number of amides is 2. The van der Waals surface area contributed by atoms with Gasteiger partial charge in [-0.25, -0.2) is 4.79 Å². The second kappa shape index (κ2) is 8.14. The Morgan fingerprint density at radius 3 is 2.52 bits per heavy atom. The molecule has 0 bridgehead atoms. The molecule has 6 nitrogen and oxygen atoms in total. The number of carbonyl (C=O) groups excluding carboxylic acids is 2. The van der Waals surface area contributed by atoms with E-state index in [9.17, 15) is 14.7 Å². The highest BCUT2D eigenvalue weighted by Crippen LogP contribution is 2.22. The lowest BCUT2D eigenvalue weighted by Crippen LogP contribution is -2.35. The second-order valence-corrected chi connectivity index (χ2v) is 4.83. The van der Waals surface area contributed by atoms with Gasteiger partial charge in [0.1, 0.15) is 5.75 Å². The van der Waals surface area contributed by atoms with Crippen molar-refractivity contribution in [2.45, 2.75) is 26.7 Å². The minimum atomic E-state index is -0.517. The number of aromatic hydroxyl groups is 1. The topological polar surface area (TPSA) is 87.7 Å². The summed E-state index contributed by atoms with van der Waals surface area (Å²) in [5, 5.41) is 14.9. The Balaban J connectivity index is 2.52. The van der Waals surface area contributed by atoms with E-state index in [0.717, 1.165) is 5.56 Å². The molecule has 21 heavy (non-hydrogen) atoms. The summed E-state index contributed by atoms with van der Waals surface area (Å²) in [5.41, 5.74) is 1.21. The molecule has 3 N–H and O–H groups in total. The third kappa shape index (κ3) is 5.33. The Bertz CT molecular complexity index is 500. The van der Waals surface area contributed by atoms with Gasteiger partial charge in [0.2, 0.25) is 0 Å². The van der Waals surface area contributed by atoms with Gasteiger partial charge in [-0.05, 0) is 30.5 Å². The summed E-state index contributed by atoms with van der Waals surface area (Å²) >= 11 is 0. The molecule has 0 aromatic heterocycles. The minimum Gasteiger partial charge on any atom is -0.507 e. The van der Waals surface area contributed by atoms with Crippen LogP contribution >= 0.6 is 0 Å². The first-order chi connectivity index (χ1) is 9.95. The molecule has 0 saturated carbocycles. The zero-order valence-electron chi connectivity index (χ0n) is 12.6. The maximum atomic E-state index is 12.0. The van der Waals surface area contributed by atoms with Crippen LogP contribution in [0, 0.1) is 0 Å². The number of benzene rings is 1. The van der Waals surface area contributed by atoms with Crippen molar-refractivity contribution in [1.29, 1.82) is 0 Å². The molecule has 0 fully saturated rings. The van der Waals surface area contributed by atoms with Gasteiger partial charge in [-0.1, -0.05) is 19.9 Å². The number of phenols is 1. The monoisotopic (exact) mass is 294 g/mol. The fourth-order valence-corrected chi connectivity index (χ4v) is 1.71. The normalized spacial score (nSPS) is 10.3. The van der Waals surface area contributed by atoms with Gasteiger partial charge in [0.05, 0.1) is 12.2 Å². The van der Waals surface area contributed by atoms with E-state index < -0.39 is 6.09 Å². The maximum absolute atomic E-state index is 12.0. The Labute approximate surface area is 124 Å². The summed E-state index contributed by atoms with van der Waals surface area (Å²) in [7, 11) is 0. The number of nitrogens with one attached hydrogen (secondary N) is 2. The number of alkyl carbamates (subject to hydrolysis) is 1. The average molecular weight is 294 g/mol. The van der Waals surface area contributed by atoms with Crippen molar-refractivity contribution in [3.8, 4) is 5.75 Å². The molecule has 1 rings (SSSR count). The van der Waals surface area contributed by atoms with Gasteiger partial charge in [-0.2, -0.15) is 0 Å². The van der Waals surface area contributed by atoms with Gasteiger partial charge < -0.3 is 20.5 Å². The van der Waals surface area contributed by atoms with Crippen LogP contribution in [-0.2, 0) is 4.74 Å². The van der Waals surface area contributed by atoms with Gasteiger partial charge >= 0.3 is 6.09 Å². The molecule has 0 spiro atoms. The predicted octanol–water partition coefficient (Wildman–Crippen LogP) is 1.99. The van der Waals surface area contributed by atoms with E-state index in [1.807, 2.05) is 13.8 Å². The lowest BCUT2D eigenvalue weighted by Gasteiger charge is -2.11. The van der Waals surface area contributed by atoms with E-state index >= 15 is 0 Å². The summed E-state index contributed by atoms with van der Waals surface area (Å²) in [4.78, 5) is 23.0. The Hall–Kier alpha value is -2.24. The number of hydrogen-bond donors (Lipinski definition) is 3. The van der Waals surface area contributed by atoms with Crippen LogP contribution in [0.3, 0.4) is 0 Å². The third-order valence-electron chi connectivity index (χ3n) is 2.89. The molecule has 2 amide bonds. The van der Waals surface area contributed by atoms with Crippen LogP contribution in [0.4, 0.5) is 4.79 Å². The maximum Gasteiger partial charge on any atom is 0.407 e. The highest BCUT2D eigenvalue weighted by atomic mass is 16.5. The van der Waals surface area contributed by atoms with E-state index in [1.165, 1.54) is 6.07 Å². The summed E-state index contributed by atoms with van der Waals surface area (Å²) < 4.78 is 4.69. The van der Waals surface area contributed by atoms with Crippen molar-refractivity contribution in [2.75, 3.05) is 19.7 Å². The summed E-state index contributed by atoms with van der Waals surface area (Å²) in [6.45, 7) is 6.55. The van der Waals surface area contributed by atoms with Gasteiger partial charge in [0.25, 0.3) is 5.91 Å². The largest absolute Gasteiger partial charge is 0.507 e. The van der Waals surface area contributed by atoms with Crippen LogP contribution in [0.2, 0.25) is 0 Å². The van der Waals surface area contributed by atoms with Gasteiger partial charge in [0.15, 0.2) is 0 Å². The van der Waals surface area contributed by atoms with E-state index in [4.69, 9.17) is 4.74 Å². The first kappa shape index (κ1) is 16.8. The zero-order valence-corrected chi connectivity index (χ0v) is 12.6. The molecule has 1 aromatic carbocycles. The molecule has 0 heterocycles. The van der Waals surface area contributed by atoms with Gasteiger partial charge in [-0.3, -0.25) is 4.79 Å². The van der Waals surface area contributed by atoms with Gasteiger partial charge in [-0.15, -0.1) is 0 Å². The SMILES string of the molecule is CCOC(=O)NCCNC(=O)c1cc(C(C)C)ccc1O. The number of ether oxygens (including phenoxy) is 1. The van der Waals surface area contributed by atoms with Crippen LogP contribution in [0.25, 0.3) is 0 Å². The lowest BCUT2D eigenvalue weighted by atomic mass is 10.00. The molecule has 0 aliphatic carbocycles. The third-order valence-corrected chi connectivity index (χ3v) is 2.89. The molecular weight excluding hydrogens is 272 g/mol. The first-order valence-corrected chi connectivity index (χ1v) is 6.97. The fourth-order valence-electron chi connectivity index (χ4n) is 1.71. The Morgan fingerprint density at radius 2 is 1.90 bits per heavy atom. The highest BCUT2D eigenvalue weighted by molar-refractivity contribution is 5.97. The van der Waals surface area contributed by atoms with E-state index in [2.05, 4.69) is 10.6 Å². The first-order valence-electron chi connectivity index (χ1n) is 6.97. The zero-order chi connectivity index (χ0) is 15.8. The number of carbonyl (C=O) groups is 2. The molecule has 0 radical (unpaired) electrons. The fraction of sp³-hybridized carbons (Fsp3) is 0.467. The Morgan fingerprint density at radius 1 is 1.24 bits per heavy atom. The molecular formula is C15H22N2O4. The summed E-state index contributed by atoms with van der Waals surface area (Å²) in [5.74, 6) is -0.168. The van der Waals surface area contributed by atoms with E-state index in [-0.39, 0.29) is 36.2 Å². The van der Waals surface area contributed by atoms with Crippen LogP contribution < -0.4 is 10.6 Å². The number of rotatable bonds is 6. The van der Waals surface area contributed by atoms with Crippen LogP contribution in [0.15, 0.2) is 18.2 Å². The van der Waals surface area contributed by atoms with Crippen molar-refractivity contribution in [3.05, 3.63) is 29.3 Å². The lowest BCUT2D eigenvalue weighted by molar-refractivity contribution is 0.0949. The summed E-state index contributed by atoms with van der Waals surface area (Å²) in [6, 6.07) is 4.98. The van der Waals surface area contributed by atoms with E-state index in [1.54, 1.807) is 19.1 Å². The Kier molecular flexibility index (Phi) is 6.52. The molecule has 0 atom stereocenters. The molecule has 0 saturated heterocycles. The van der Waals surface area contributed by atoms with Crippen LogP contribution in [0.1, 0.15) is 42.6 Å². The second-order valence-electron chi connectivity index (χ2n) is 4.83. The van der Waals surface area contributed by atoms with Crippen molar-refractivity contribution in [2.24, 2.45) is 0 Å². The molecule has 0 aliphatic heterocycles. The molecule has 1 aromatic rings. The molecule has 0 unspecified atom stereocenters. The predicted molar refractivity (Wildman–Crippen MR) is 79.6 cm³/mol. The summed E-state index contributed by atoms with van der Waals surface area (Å²) in [6.07, 6.45) is -0.517. The van der Waals surface area contributed by atoms with Crippen molar-refractivity contribution in [1.82, 2.24) is 10.6 Å². The average Bonchev–Trinajstić information content (AvgIpc) is 2.44. The smallest absolute Gasteiger partial charge is 0.407 e. The van der Waals surface area contributed by atoms with Crippen LogP contribution in [-0.4, -0.2) is 36.8 Å². The van der Waals surface area contributed by atoms with Crippen molar-refractivity contribution in [3.63, 3.8) is 0 Å². The van der Waals surface area contributed by atoms with Crippen LogP contribution in [0.5, 0.6) is 5.75 Å². The minimum absolute atomic E-state index is 0.0600. The quantitative estimate of drug-likeness (QED) is 0.700. The standard InChI is InChI=1S/C15H22N2O4/c1-4-21-15(20)17-8-7-16-14(19)12-9-11(10(2)3)5-6-13(12)18/h5-6,9-10,18H,4,7-8H2,1-3H3,(H,16,19)(H,17,20). The van der Waals surface area contributed by atoms with Crippen molar-refractivity contribution >= 4 is 12.0 Å². The number of phenolic OH excluding ortho intramolecular Hbond substituents is 1. The van der Waals surface area contributed by atoms with Crippen molar-refractivity contribution < 1.29 is 19.4 Å². The molecule has 0 aliphatic rings. The molecule has 6 heteroatoms. The highest BCUT2D eigenvalue weighted by Gasteiger charge is 2.12. The number of hydrogen-bond acceptors (Lipinski definition) is 4. The molecule has 116 valence electrons. The van der Waals surface area contributed by atoms with Gasteiger partial charge in [0, 0.05) is 13.1 Å². The van der Waals surface area contributed by atoms with E-state index in [0.29, 0.717) is 6.61 Å².